The van der Waals surface area contributed by atoms with E-state index < -0.39 is 0 Å². The molecule has 1 aromatic heterocycles. The zero-order chi connectivity index (χ0) is 13.8. The van der Waals surface area contributed by atoms with Crippen LogP contribution in [0.2, 0.25) is 0 Å². The van der Waals surface area contributed by atoms with Crippen LogP contribution in [-0.4, -0.2) is 36.9 Å². The number of aliphatic hydroxyl groups is 1. The molecule has 0 saturated carbocycles. The summed E-state index contributed by atoms with van der Waals surface area (Å²) in [6.45, 7) is 2.75. The summed E-state index contributed by atoms with van der Waals surface area (Å²) in [5, 5.41) is 11.5. The fourth-order valence-corrected chi connectivity index (χ4v) is 2.21. The maximum Gasteiger partial charge on any atom is 0.136 e. The van der Waals surface area contributed by atoms with Gasteiger partial charge in [-0.05, 0) is 12.3 Å². The van der Waals surface area contributed by atoms with E-state index >= 15 is 0 Å². The highest BCUT2D eigenvalue weighted by molar-refractivity contribution is 5.94. The number of aromatic nitrogens is 1. The number of pyridine rings is 1. The van der Waals surface area contributed by atoms with E-state index in [-0.39, 0.29) is 12.6 Å². The van der Waals surface area contributed by atoms with Crippen LogP contribution in [0.25, 0.3) is 10.8 Å². The largest absolute Gasteiger partial charge is 0.392 e. The molecule has 1 heterocycles. The van der Waals surface area contributed by atoms with Crippen LogP contribution in [0.4, 0.5) is 5.82 Å². The summed E-state index contributed by atoms with van der Waals surface area (Å²) < 4.78 is 5.19. The molecule has 0 bridgehead atoms. The average molecular weight is 260 g/mol. The molecule has 0 saturated heterocycles. The molecule has 1 aromatic carbocycles. The first kappa shape index (κ1) is 13.8. The van der Waals surface area contributed by atoms with Crippen molar-refractivity contribution in [2.75, 3.05) is 25.7 Å². The Morgan fingerprint density at radius 2 is 2.00 bits per heavy atom. The topological polar surface area (TPSA) is 45.6 Å². The van der Waals surface area contributed by atoms with Gasteiger partial charge in [-0.25, -0.2) is 4.98 Å². The van der Waals surface area contributed by atoms with Gasteiger partial charge in [0, 0.05) is 31.3 Å². The van der Waals surface area contributed by atoms with Gasteiger partial charge in [-0.1, -0.05) is 24.3 Å². The highest BCUT2D eigenvalue weighted by atomic mass is 16.5. The van der Waals surface area contributed by atoms with Crippen LogP contribution in [-0.2, 0) is 11.3 Å². The molecular formula is C15H20N2O2. The summed E-state index contributed by atoms with van der Waals surface area (Å²) >= 11 is 0. The SMILES string of the molecule is COCC(C)N(C)c1ncc(CO)c2ccccc12. The molecule has 4 nitrogen and oxygen atoms in total. The lowest BCUT2D eigenvalue weighted by molar-refractivity contribution is 0.183. The third-order valence-electron chi connectivity index (χ3n) is 3.43. The van der Waals surface area contributed by atoms with Gasteiger partial charge in [0.2, 0.25) is 0 Å². The molecule has 1 unspecified atom stereocenters. The molecule has 102 valence electrons. The molecule has 4 heteroatoms. The number of benzene rings is 1. The second-order valence-corrected chi connectivity index (χ2v) is 4.73. The quantitative estimate of drug-likeness (QED) is 0.895. The summed E-state index contributed by atoms with van der Waals surface area (Å²) in [7, 11) is 3.71. The lowest BCUT2D eigenvalue weighted by atomic mass is 10.1. The summed E-state index contributed by atoms with van der Waals surface area (Å²) in [6, 6.07) is 8.25. The minimum absolute atomic E-state index is 0.00509. The highest BCUT2D eigenvalue weighted by Gasteiger charge is 2.15. The van der Waals surface area contributed by atoms with Gasteiger partial charge in [0.25, 0.3) is 0 Å². The lowest BCUT2D eigenvalue weighted by Gasteiger charge is -2.26. The molecule has 19 heavy (non-hydrogen) atoms. The fourth-order valence-electron chi connectivity index (χ4n) is 2.21. The smallest absolute Gasteiger partial charge is 0.136 e. The molecule has 0 aliphatic rings. The van der Waals surface area contributed by atoms with Gasteiger partial charge in [0.05, 0.1) is 19.3 Å². The maximum absolute atomic E-state index is 9.38. The third kappa shape index (κ3) is 2.69. The minimum Gasteiger partial charge on any atom is -0.392 e. The first-order valence-corrected chi connectivity index (χ1v) is 6.38. The Labute approximate surface area is 113 Å². The molecule has 0 radical (unpaired) electrons. The summed E-state index contributed by atoms with van der Waals surface area (Å²) in [6.07, 6.45) is 1.74. The molecule has 2 rings (SSSR count). The first-order chi connectivity index (χ1) is 9.19. The van der Waals surface area contributed by atoms with Crippen molar-refractivity contribution in [3.05, 3.63) is 36.0 Å². The van der Waals surface area contributed by atoms with Crippen LogP contribution < -0.4 is 4.90 Å². The van der Waals surface area contributed by atoms with Crippen LogP contribution in [0.3, 0.4) is 0 Å². The Hall–Kier alpha value is -1.65. The number of hydrogen-bond donors (Lipinski definition) is 1. The normalized spacial score (nSPS) is 12.6. The second-order valence-electron chi connectivity index (χ2n) is 4.73. The Kier molecular flexibility index (Phi) is 4.35. The van der Waals surface area contributed by atoms with Crippen LogP contribution >= 0.6 is 0 Å². The predicted molar refractivity (Wildman–Crippen MR) is 77.4 cm³/mol. The number of likely N-dealkylation sites (N-methyl/N-ethyl adjacent to an activating group) is 1. The van der Waals surface area contributed by atoms with Gasteiger partial charge in [-0.3, -0.25) is 0 Å². The molecule has 0 amide bonds. The number of rotatable bonds is 5. The number of ether oxygens (including phenoxy) is 1. The Balaban J connectivity index is 2.50. The molecule has 0 spiro atoms. The van der Waals surface area contributed by atoms with Crippen molar-refractivity contribution in [3.8, 4) is 0 Å². The number of aliphatic hydroxyl groups excluding tert-OH is 1. The van der Waals surface area contributed by atoms with Gasteiger partial charge in [-0.2, -0.15) is 0 Å². The molecular weight excluding hydrogens is 240 g/mol. The zero-order valence-electron chi connectivity index (χ0n) is 11.6. The van der Waals surface area contributed by atoms with Gasteiger partial charge in [-0.15, -0.1) is 0 Å². The van der Waals surface area contributed by atoms with E-state index in [2.05, 4.69) is 16.8 Å². The molecule has 1 atom stereocenters. The summed E-state index contributed by atoms with van der Waals surface area (Å²) in [5.74, 6) is 0.914. The maximum atomic E-state index is 9.38. The van der Waals surface area contributed by atoms with Crippen LogP contribution in [0.1, 0.15) is 12.5 Å². The van der Waals surface area contributed by atoms with Crippen LogP contribution in [0.15, 0.2) is 30.5 Å². The van der Waals surface area contributed by atoms with E-state index in [1.807, 2.05) is 31.3 Å². The number of fused-ring (bicyclic) bond motifs is 1. The van der Waals surface area contributed by atoms with Crippen molar-refractivity contribution < 1.29 is 9.84 Å². The minimum atomic E-state index is 0.00509. The van der Waals surface area contributed by atoms with Crippen molar-refractivity contribution in [1.29, 1.82) is 0 Å². The first-order valence-electron chi connectivity index (χ1n) is 6.38. The van der Waals surface area contributed by atoms with Crippen molar-refractivity contribution in [2.24, 2.45) is 0 Å². The number of methoxy groups -OCH3 is 1. The third-order valence-corrected chi connectivity index (χ3v) is 3.43. The summed E-state index contributed by atoms with van der Waals surface area (Å²) in [4.78, 5) is 6.60. The average Bonchev–Trinajstić information content (AvgIpc) is 2.45. The molecule has 1 N–H and O–H groups in total. The van der Waals surface area contributed by atoms with E-state index in [0.29, 0.717) is 6.61 Å². The van der Waals surface area contributed by atoms with Gasteiger partial charge in [0.1, 0.15) is 5.82 Å². The molecule has 0 fully saturated rings. The standard InChI is InChI=1S/C15H20N2O2/c1-11(10-19-3)17(2)15-14-7-5-4-6-13(14)12(9-18)8-16-15/h4-8,11,18H,9-10H2,1-3H3. The van der Waals surface area contributed by atoms with Gasteiger partial charge in [0.15, 0.2) is 0 Å². The number of anilines is 1. The lowest BCUT2D eigenvalue weighted by Crippen LogP contribution is -2.33. The van der Waals surface area contributed by atoms with Crippen LogP contribution in [0, 0.1) is 0 Å². The van der Waals surface area contributed by atoms with Gasteiger partial charge < -0.3 is 14.7 Å². The molecule has 0 aliphatic carbocycles. The van der Waals surface area contributed by atoms with Gasteiger partial charge >= 0.3 is 0 Å². The van der Waals surface area contributed by atoms with Crippen molar-refractivity contribution in [3.63, 3.8) is 0 Å². The molecule has 2 aromatic rings. The van der Waals surface area contributed by atoms with E-state index in [0.717, 1.165) is 22.2 Å². The van der Waals surface area contributed by atoms with E-state index in [1.165, 1.54) is 0 Å². The number of hydrogen-bond acceptors (Lipinski definition) is 4. The monoisotopic (exact) mass is 260 g/mol. The zero-order valence-corrected chi connectivity index (χ0v) is 11.6. The van der Waals surface area contributed by atoms with E-state index in [4.69, 9.17) is 4.74 Å². The summed E-state index contributed by atoms with van der Waals surface area (Å²) in [5.41, 5.74) is 0.854. The van der Waals surface area contributed by atoms with E-state index in [9.17, 15) is 5.11 Å². The van der Waals surface area contributed by atoms with Crippen LogP contribution in [0.5, 0.6) is 0 Å². The van der Waals surface area contributed by atoms with Crippen molar-refractivity contribution in [1.82, 2.24) is 4.98 Å². The Morgan fingerprint density at radius 3 is 2.63 bits per heavy atom. The second kappa shape index (κ2) is 5.99. The van der Waals surface area contributed by atoms with Crippen molar-refractivity contribution in [2.45, 2.75) is 19.6 Å². The fraction of sp³-hybridized carbons (Fsp3) is 0.400. The highest BCUT2D eigenvalue weighted by Crippen LogP contribution is 2.27. The molecule has 0 aliphatic heterocycles. The van der Waals surface area contributed by atoms with Crippen molar-refractivity contribution >= 4 is 16.6 Å². The Morgan fingerprint density at radius 1 is 1.32 bits per heavy atom. The Bertz CT molecular complexity index is 557. The van der Waals surface area contributed by atoms with E-state index in [1.54, 1.807) is 13.3 Å². The number of nitrogens with zero attached hydrogens (tertiary/aromatic N) is 2. The predicted octanol–water partition coefficient (Wildman–Crippen LogP) is 2.20.